The Morgan fingerprint density at radius 2 is 1.70 bits per heavy atom. The molecule has 0 saturated carbocycles. The van der Waals surface area contributed by atoms with Crippen molar-refractivity contribution in [2.45, 2.75) is 44.0 Å². The average molecular weight is 381 g/mol. The summed E-state index contributed by atoms with van der Waals surface area (Å²) in [5, 5.41) is 9.09. The zero-order valence-electron chi connectivity index (χ0n) is 16.0. The van der Waals surface area contributed by atoms with Crippen LogP contribution < -0.4 is 5.73 Å². The average Bonchev–Trinajstić information content (AvgIpc) is 3.05. The largest absolute Gasteiger partial charge is 0.369 e. The number of thioether (sulfide) groups is 1. The lowest BCUT2D eigenvalue weighted by atomic mass is 10.0. The highest BCUT2D eigenvalue weighted by molar-refractivity contribution is 8.00. The van der Waals surface area contributed by atoms with Gasteiger partial charge in [0.05, 0.1) is 10.9 Å². The van der Waals surface area contributed by atoms with Crippen LogP contribution in [-0.2, 0) is 4.79 Å². The van der Waals surface area contributed by atoms with Crippen molar-refractivity contribution in [3.05, 3.63) is 59.7 Å². The summed E-state index contributed by atoms with van der Waals surface area (Å²) in [6.07, 6.45) is 0. The Balaban J connectivity index is 2.20. The van der Waals surface area contributed by atoms with Crippen molar-refractivity contribution in [1.82, 2.24) is 14.8 Å². The summed E-state index contributed by atoms with van der Waals surface area (Å²) in [7, 11) is 0. The first-order chi connectivity index (χ1) is 12.9. The minimum atomic E-state index is -0.398. The van der Waals surface area contributed by atoms with E-state index < -0.39 is 5.25 Å². The van der Waals surface area contributed by atoms with Crippen molar-refractivity contribution in [2.75, 3.05) is 0 Å². The van der Waals surface area contributed by atoms with Crippen molar-refractivity contribution in [3.63, 3.8) is 0 Å². The van der Waals surface area contributed by atoms with Gasteiger partial charge in [0.15, 0.2) is 11.0 Å². The minimum Gasteiger partial charge on any atom is -0.369 e. The molecule has 1 unspecified atom stereocenters. The van der Waals surface area contributed by atoms with Crippen LogP contribution >= 0.6 is 11.8 Å². The van der Waals surface area contributed by atoms with Crippen molar-refractivity contribution in [2.24, 2.45) is 5.73 Å². The summed E-state index contributed by atoms with van der Waals surface area (Å²) >= 11 is 1.33. The number of aryl methyl sites for hydroxylation is 1. The molecule has 3 aromatic rings. The van der Waals surface area contributed by atoms with Gasteiger partial charge in [-0.05, 0) is 31.4 Å². The predicted molar refractivity (Wildman–Crippen MR) is 110 cm³/mol. The first kappa shape index (κ1) is 19.2. The van der Waals surface area contributed by atoms with Crippen LogP contribution in [0.25, 0.3) is 17.1 Å². The van der Waals surface area contributed by atoms with Gasteiger partial charge < -0.3 is 5.73 Å². The van der Waals surface area contributed by atoms with Gasteiger partial charge in [-0.15, -0.1) is 10.2 Å². The van der Waals surface area contributed by atoms with Crippen LogP contribution in [-0.4, -0.2) is 25.9 Å². The molecule has 0 aliphatic rings. The number of nitrogens with zero attached hydrogens (tertiary/aromatic N) is 3. The highest BCUT2D eigenvalue weighted by Crippen LogP contribution is 2.33. The van der Waals surface area contributed by atoms with Crippen LogP contribution in [0.5, 0.6) is 0 Å². The zero-order chi connectivity index (χ0) is 19.6. The summed E-state index contributed by atoms with van der Waals surface area (Å²) < 4.78 is 2.03. The number of nitrogens with two attached hydrogens (primary N) is 1. The van der Waals surface area contributed by atoms with Gasteiger partial charge in [-0.25, -0.2) is 0 Å². The molecule has 1 heterocycles. The Kier molecular flexibility index (Phi) is 5.65. The van der Waals surface area contributed by atoms with Gasteiger partial charge in [-0.2, -0.15) is 0 Å². The van der Waals surface area contributed by atoms with Crippen molar-refractivity contribution >= 4 is 17.7 Å². The first-order valence-corrected chi connectivity index (χ1v) is 9.84. The number of primary amides is 1. The second-order valence-electron chi connectivity index (χ2n) is 6.88. The number of aromatic nitrogens is 3. The highest BCUT2D eigenvalue weighted by Gasteiger charge is 2.22. The minimum absolute atomic E-state index is 0.334. The number of para-hydroxylation sites is 1. The van der Waals surface area contributed by atoms with Gasteiger partial charge in [0, 0.05) is 5.56 Å². The molecule has 1 aromatic heterocycles. The monoisotopic (exact) mass is 380 g/mol. The van der Waals surface area contributed by atoms with Crippen LogP contribution in [0.4, 0.5) is 0 Å². The van der Waals surface area contributed by atoms with Crippen molar-refractivity contribution in [1.29, 1.82) is 0 Å². The molecule has 0 radical (unpaired) electrons. The number of hydrogen-bond donors (Lipinski definition) is 1. The number of carbonyl (C=O) groups is 1. The maximum absolute atomic E-state index is 11.6. The van der Waals surface area contributed by atoms with Gasteiger partial charge in [0.25, 0.3) is 0 Å². The number of amides is 1. The van der Waals surface area contributed by atoms with Crippen LogP contribution in [0.1, 0.15) is 37.8 Å². The van der Waals surface area contributed by atoms with E-state index in [9.17, 15) is 4.79 Å². The molecule has 2 aromatic carbocycles. The summed E-state index contributed by atoms with van der Waals surface area (Å²) in [5.74, 6) is 0.715. The van der Waals surface area contributed by atoms with Gasteiger partial charge in [0.1, 0.15) is 0 Å². The standard InChI is InChI=1S/C21H24N4OS/c1-13(2)17-7-5-6-8-18(17)25-20(16-11-9-14(3)10-12-16)23-24-21(25)27-15(4)19(22)26/h5-13,15H,1-4H3,(H2,22,26). The third-order valence-electron chi connectivity index (χ3n) is 4.43. The molecule has 140 valence electrons. The molecule has 27 heavy (non-hydrogen) atoms. The van der Waals surface area contributed by atoms with Gasteiger partial charge >= 0.3 is 0 Å². The van der Waals surface area contributed by atoms with E-state index in [1.54, 1.807) is 6.92 Å². The Labute approximate surface area is 164 Å². The molecule has 1 atom stereocenters. The molecule has 5 nitrogen and oxygen atoms in total. The third-order valence-corrected chi connectivity index (χ3v) is 5.49. The highest BCUT2D eigenvalue weighted by atomic mass is 32.2. The molecule has 2 N–H and O–H groups in total. The van der Waals surface area contributed by atoms with Crippen LogP contribution in [0.2, 0.25) is 0 Å². The molecule has 0 saturated heterocycles. The van der Waals surface area contributed by atoms with Crippen molar-refractivity contribution in [3.8, 4) is 17.1 Å². The lowest BCUT2D eigenvalue weighted by Gasteiger charge is -2.17. The molecule has 1 amide bonds. The molecule has 0 aliphatic heterocycles. The van der Waals surface area contributed by atoms with E-state index >= 15 is 0 Å². The third kappa shape index (κ3) is 4.06. The smallest absolute Gasteiger partial charge is 0.230 e. The number of carbonyl (C=O) groups excluding carboxylic acids is 1. The van der Waals surface area contributed by atoms with E-state index in [1.807, 2.05) is 28.8 Å². The van der Waals surface area contributed by atoms with E-state index in [2.05, 4.69) is 55.2 Å². The van der Waals surface area contributed by atoms with E-state index in [4.69, 9.17) is 5.73 Å². The van der Waals surface area contributed by atoms with E-state index in [1.165, 1.54) is 22.9 Å². The SMILES string of the molecule is Cc1ccc(-c2nnc(SC(C)C(N)=O)n2-c2ccccc2C(C)C)cc1. The molecular weight excluding hydrogens is 356 g/mol. The van der Waals surface area contributed by atoms with Gasteiger partial charge in [-0.1, -0.05) is 73.6 Å². The van der Waals surface area contributed by atoms with Crippen LogP contribution in [0.3, 0.4) is 0 Å². The molecule has 0 bridgehead atoms. The normalized spacial score (nSPS) is 12.3. The fraction of sp³-hybridized carbons (Fsp3) is 0.286. The first-order valence-electron chi connectivity index (χ1n) is 8.96. The number of hydrogen-bond acceptors (Lipinski definition) is 4. The Bertz CT molecular complexity index is 947. The lowest BCUT2D eigenvalue weighted by molar-refractivity contribution is -0.117. The van der Waals surface area contributed by atoms with Crippen LogP contribution in [0, 0.1) is 6.92 Å². The maximum atomic E-state index is 11.6. The Hall–Kier alpha value is -2.60. The summed E-state index contributed by atoms with van der Waals surface area (Å²) in [6, 6.07) is 16.4. The zero-order valence-corrected chi connectivity index (χ0v) is 16.8. The molecular formula is C21H24N4OS. The second kappa shape index (κ2) is 7.96. The van der Waals surface area contributed by atoms with Gasteiger partial charge in [0.2, 0.25) is 5.91 Å². The Morgan fingerprint density at radius 1 is 1.04 bits per heavy atom. The van der Waals surface area contributed by atoms with E-state index in [0.29, 0.717) is 11.1 Å². The Morgan fingerprint density at radius 3 is 2.33 bits per heavy atom. The summed E-state index contributed by atoms with van der Waals surface area (Å²) in [4.78, 5) is 11.6. The number of benzene rings is 2. The maximum Gasteiger partial charge on any atom is 0.230 e. The molecule has 6 heteroatoms. The molecule has 0 spiro atoms. The lowest BCUT2D eigenvalue weighted by Crippen LogP contribution is -2.23. The van der Waals surface area contributed by atoms with Gasteiger partial charge in [-0.3, -0.25) is 9.36 Å². The summed E-state index contributed by atoms with van der Waals surface area (Å²) in [6.45, 7) is 8.16. The fourth-order valence-electron chi connectivity index (χ4n) is 2.85. The van der Waals surface area contributed by atoms with E-state index in [0.717, 1.165) is 17.1 Å². The van der Waals surface area contributed by atoms with Crippen molar-refractivity contribution < 1.29 is 4.79 Å². The van der Waals surface area contributed by atoms with E-state index in [-0.39, 0.29) is 5.91 Å². The molecule has 0 fully saturated rings. The molecule has 0 aliphatic carbocycles. The second-order valence-corrected chi connectivity index (χ2v) is 8.19. The van der Waals surface area contributed by atoms with Crippen LogP contribution in [0.15, 0.2) is 53.7 Å². The topological polar surface area (TPSA) is 73.8 Å². The molecule has 3 rings (SSSR count). The predicted octanol–water partition coefficient (Wildman–Crippen LogP) is 4.33. The summed E-state index contributed by atoms with van der Waals surface area (Å²) in [5.41, 5.74) is 9.84. The fourth-order valence-corrected chi connectivity index (χ4v) is 3.66. The number of rotatable bonds is 6. The quantitative estimate of drug-likeness (QED) is 0.646.